The van der Waals surface area contributed by atoms with Crippen LogP contribution in [0.25, 0.3) is 0 Å². The highest BCUT2D eigenvalue weighted by molar-refractivity contribution is 6.31. The van der Waals surface area contributed by atoms with Gasteiger partial charge in [-0.1, -0.05) is 24.6 Å². The third kappa shape index (κ3) is 3.32. The maximum atomic E-state index is 14.0. The predicted molar refractivity (Wildman–Crippen MR) is 75.7 cm³/mol. The van der Waals surface area contributed by atoms with Crippen LogP contribution in [0, 0.1) is 11.6 Å². The van der Waals surface area contributed by atoms with Crippen molar-refractivity contribution in [2.24, 2.45) is 0 Å². The summed E-state index contributed by atoms with van der Waals surface area (Å²) in [6.07, 6.45) is 4.00. The minimum atomic E-state index is -0.596. The zero-order chi connectivity index (χ0) is 14.5. The fourth-order valence-corrected chi connectivity index (χ4v) is 2.26. The number of benzene rings is 1. The van der Waals surface area contributed by atoms with E-state index in [2.05, 4.69) is 10.3 Å². The van der Waals surface area contributed by atoms with E-state index in [1.54, 1.807) is 12.3 Å². The molecule has 0 radical (unpaired) electrons. The highest BCUT2D eigenvalue weighted by Crippen LogP contribution is 2.29. The Balaban J connectivity index is 2.44. The van der Waals surface area contributed by atoms with Crippen LogP contribution in [0.2, 0.25) is 5.02 Å². The lowest BCUT2D eigenvalue weighted by Crippen LogP contribution is -2.24. The van der Waals surface area contributed by atoms with Gasteiger partial charge in [-0.25, -0.2) is 8.78 Å². The molecule has 1 atom stereocenters. The first-order valence-electron chi connectivity index (χ1n) is 6.41. The number of nitrogens with one attached hydrogen (secondary N) is 1. The standard InChI is InChI=1S/C15H15ClF2N2/c1-2-6-20-15(11-5-7-19-9-13(11)16)12-4-3-10(17)8-14(12)18/h3-5,7-9,15,20H,2,6H2,1H3. The van der Waals surface area contributed by atoms with Crippen LogP contribution >= 0.6 is 11.6 Å². The number of hydrogen-bond donors (Lipinski definition) is 1. The summed E-state index contributed by atoms with van der Waals surface area (Å²) in [7, 11) is 0. The maximum Gasteiger partial charge on any atom is 0.131 e. The number of nitrogens with zero attached hydrogens (tertiary/aromatic N) is 1. The summed E-state index contributed by atoms with van der Waals surface area (Å²) in [5.41, 5.74) is 1.09. The average Bonchev–Trinajstić information content (AvgIpc) is 2.42. The lowest BCUT2D eigenvalue weighted by molar-refractivity contribution is 0.532. The van der Waals surface area contributed by atoms with Crippen molar-refractivity contribution in [3.05, 3.63) is 64.4 Å². The Labute approximate surface area is 121 Å². The van der Waals surface area contributed by atoms with Crippen LogP contribution in [-0.2, 0) is 0 Å². The number of halogens is 3. The second-order valence-corrected chi connectivity index (χ2v) is 4.86. The van der Waals surface area contributed by atoms with Gasteiger partial charge in [-0.3, -0.25) is 4.98 Å². The summed E-state index contributed by atoms with van der Waals surface area (Å²) in [5.74, 6) is -1.19. The third-order valence-electron chi connectivity index (χ3n) is 2.99. The van der Waals surface area contributed by atoms with Crippen molar-refractivity contribution < 1.29 is 8.78 Å². The fraction of sp³-hybridized carbons (Fsp3) is 0.267. The van der Waals surface area contributed by atoms with E-state index >= 15 is 0 Å². The van der Waals surface area contributed by atoms with Crippen LogP contribution in [0.3, 0.4) is 0 Å². The van der Waals surface area contributed by atoms with Gasteiger partial charge in [0.2, 0.25) is 0 Å². The van der Waals surface area contributed by atoms with Crippen LogP contribution in [0.4, 0.5) is 8.78 Å². The summed E-state index contributed by atoms with van der Waals surface area (Å²) in [5, 5.41) is 3.68. The Morgan fingerprint density at radius 3 is 2.70 bits per heavy atom. The zero-order valence-electron chi connectivity index (χ0n) is 11.0. The van der Waals surface area contributed by atoms with E-state index in [0.29, 0.717) is 17.1 Å². The Bertz CT molecular complexity index is 590. The molecule has 2 aromatic rings. The van der Waals surface area contributed by atoms with Gasteiger partial charge in [-0.2, -0.15) is 0 Å². The Morgan fingerprint density at radius 2 is 2.05 bits per heavy atom. The van der Waals surface area contributed by atoms with Gasteiger partial charge in [0.1, 0.15) is 11.6 Å². The third-order valence-corrected chi connectivity index (χ3v) is 3.30. The normalized spacial score (nSPS) is 12.4. The molecule has 106 valence electrons. The first-order valence-corrected chi connectivity index (χ1v) is 6.79. The SMILES string of the molecule is CCCNC(c1ccc(F)cc1F)c1ccncc1Cl. The smallest absolute Gasteiger partial charge is 0.131 e. The average molecular weight is 297 g/mol. The number of hydrogen-bond acceptors (Lipinski definition) is 2. The molecule has 0 amide bonds. The van der Waals surface area contributed by atoms with Gasteiger partial charge >= 0.3 is 0 Å². The summed E-state index contributed by atoms with van der Waals surface area (Å²) in [6, 6.07) is 4.87. The predicted octanol–water partition coefficient (Wildman–Crippen LogP) is 4.10. The number of pyridine rings is 1. The first kappa shape index (κ1) is 14.9. The molecule has 0 saturated heterocycles. The van der Waals surface area contributed by atoms with E-state index < -0.39 is 17.7 Å². The lowest BCUT2D eigenvalue weighted by Gasteiger charge is -2.21. The minimum Gasteiger partial charge on any atom is -0.306 e. The van der Waals surface area contributed by atoms with E-state index in [1.807, 2.05) is 6.92 Å². The van der Waals surface area contributed by atoms with Crippen LogP contribution in [-0.4, -0.2) is 11.5 Å². The van der Waals surface area contributed by atoms with Gasteiger partial charge < -0.3 is 5.32 Å². The van der Waals surface area contributed by atoms with Crippen LogP contribution in [0.1, 0.15) is 30.5 Å². The highest BCUT2D eigenvalue weighted by atomic mass is 35.5. The number of aromatic nitrogens is 1. The Kier molecular flexibility index (Phi) is 5.04. The lowest BCUT2D eigenvalue weighted by atomic mass is 9.98. The molecule has 20 heavy (non-hydrogen) atoms. The molecule has 2 rings (SSSR count). The maximum absolute atomic E-state index is 14.0. The highest BCUT2D eigenvalue weighted by Gasteiger charge is 2.20. The van der Waals surface area contributed by atoms with E-state index in [9.17, 15) is 8.78 Å². The van der Waals surface area contributed by atoms with Crippen molar-refractivity contribution in [3.63, 3.8) is 0 Å². The van der Waals surface area contributed by atoms with Crippen molar-refractivity contribution in [1.29, 1.82) is 0 Å². The molecule has 1 unspecified atom stereocenters. The van der Waals surface area contributed by atoms with Gasteiger partial charge in [-0.05, 0) is 30.7 Å². The molecule has 0 spiro atoms. The second-order valence-electron chi connectivity index (χ2n) is 4.45. The molecule has 0 saturated carbocycles. The van der Waals surface area contributed by atoms with Gasteiger partial charge in [0.25, 0.3) is 0 Å². The molecule has 1 aromatic heterocycles. The van der Waals surface area contributed by atoms with Crippen molar-refractivity contribution >= 4 is 11.6 Å². The zero-order valence-corrected chi connectivity index (χ0v) is 11.8. The molecule has 0 aliphatic carbocycles. The van der Waals surface area contributed by atoms with Crippen LogP contribution in [0.15, 0.2) is 36.7 Å². The van der Waals surface area contributed by atoms with E-state index in [4.69, 9.17) is 11.6 Å². The monoisotopic (exact) mass is 296 g/mol. The van der Waals surface area contributed by atoms with E-state index in [0.717, 1.165) is 18.1 Å². The molecular weight excluding hydrogens is 282 g/mol. The molecule has 0 aliphatic heterocycles. The van der Waals surface area contributed by atoms with Crippen molar-refractivity contribution in [2.45, 2.75) is 19.4 Å². The van der Waals surface area contributed by atoms with Crippen LogP contribution < -0.4 is 5.32 Å². The molecule has 0 aliphatic rings. The largest absolute Gasteiger partial charge is 0.306 e. The molecular formula is C15H15ClF2N2. The van der Waals surface area contributed by atoms with Gasteiger partial charge in [-0.15, -0.1) is 0 Å². The second kappa shape index (κ2) is 6.77. The molecule has 2 nitrogen and oxygen atoms in total. The summed E-state index contributed by atoms with van der Waals surface area (Å²) >= 11 is 6.13. The molecule has 1 aromatic carbocycles. The molecule has 1 heterocycles. The van der Waals surface area contributed by atoms with Crippen molar-refractivity contribution in [1.82, 2.24) is 10.3 Å². The van der Waals surface area contributed by atoms with Crippen molar-refractivity contribution in [3.8, 4) is 0 Å². The van der Waals surface area contributed by atoms with Gasteiger partial charge in [0.15, 0.2) is 0 Å². The molecule has 1 N–H and O–H groups in total. The Hall–Kier alpha value is -1.52. The van der Waals surface area contributed by atoms with Crippen molar-refractivity contribution in [2.75, 3.05) is 6.54 Å². The molecule has 5 heteroatoms. The quantitative estimate of drug-likeness (QED) is 0.898. The van der Waals surface area contributed by atoms with E-state index in [-0.39, 0.29) is 0 Å². The topological polar surface area (TPSA) is 24.9 Å². The fourth-order valence-electron chi connectivity index (χ4n) is 2.03. The number of rotatable bonds is 5. The summed E-state index contributed by atoms with van der Waals surface area (Å²) < 4.78 is 27.1. The Morgan fingerprint density at radius 1 is 1.25 bits per heavy atom. The minimum absolute atomic E-state index is 0.368. The first-order chi connectivity index (χ1) is 9.63. The molecule has 0 fully saturated rings. The summed E-state index contributed by atoms with van der Waals surface area (Å²) in [4.78, 5) is 3.92. The van der Waals surface area contributed by atoms with Gasteiger partial charge in [0, 0.05) is 24.0 Å². The van der Waals surface area contributed by atoms with Gasteiger partial charge in [0.05, 0.1) is 11.1 Å². The summed E-state index contributed by atoms with van der Waals surface area (Å²) in [6.45, 7) is 2.71. The molecule has 0 bridgehead atoms. The van der Waals surface area contributed by atoms with Crippen LogP contribution in [0.5, 0.6) is 0 Å². The van der Waals surface area contributed by atoms with E-state index in [1.165, 1.54) is 18.3 Å².